The molecule has 2 aromatic carbocycles. The molecule has 2 N–H and O–H groups in total. The molecule has 0 aliphatic rings. The Morgan fingerprint density at radius 1 is 0.880 bits per heavy atom. The number of esters is 1. The summed E-state index contributed by atoms with van der Waals surface area (Å²) in [5, 5.41) is 5.42. The van der Waals surface area contributed by atoms with Crippen LogP contribution in [0.15, 0.2) is 36.4 Å². The van der Waals surface area contributed by atoms with E-state index in [1.54, 1.807) is 43.5 Å². The number of ether oxygens (including phenoxy) is 3. The van der Waals surface area contributed by atoms with Crippen LogP contribution in [-0.2, 0) is 4.74 Å². The van der Waals surface area contributed by atoms with Crippen molar-refractivity contribution in [2.75, 3.05) is 32.0 Å². The highest BCUT2D eigenvalue weighted by Crippen LogP contribution is 2.29. The van der Waals surface area contributed by atoms with Crippen LogP contribution in [0.4, 0.5) is 16.2 Å². The largest absolute Gasteiger partial charge is 0.497 e. The number of anilines is 2. The van der Waals surface area contributed by atoms with Gasteiger partial charge in [0.2, 0.25) is 0 Å². The molecule has 132 valence electrons. The summed E-state index contributed by atoms with van der Waals surface area (Å²) in [5.74, 6) is 0.610. The van der Waals surface area contributed by atoms with Crippen molar-refractivity contribution < 1.29 is 23.8 Å². The first-order valence-electron chi connectivity index (χ1n) is 7.47. The molecule has 0 bridgehead atoms. The van der Waals surface area contributed by atoms with Crippen molar-refractivity contribution in [2.45, 2.75) is 6.92 Å². The molecule has 7 heteroatoms. The first-order valence-corrected chi connectivity index (χ1v) is 7.47. The average Bonchev–Trinajstić information content (AvgIpc) is 2.63. The maximum atomic E-state index is 12.3. The van der Waals surface area contributed by atoms with Gasteiger partial charge in [-0.25, -0.2) is 9.59 Å². The Labute approximate surface area is 145 Å². The Bertz CT molecular complexity index is 789. The van der Waals surface area contributed by atoms with Crippen LogP contribution in [0.2, 0.25) is 0 Å². The number of aryl methyl sites for hydroxylation is 1. The molecule has 7 nitrogen and oxygen atoms in total. The summed E-state index contributed by atoms with van der Waals surface area (Å²) in [6.45, 7) is 1.82. The lowest BCUT2D eigenvalue weighted by Crippen LogP contribution is -2.20. The molecular weight excluding hydrogens is 324 g/mol. The highest BCUT2D eigenvalue weighted by atomic mass is 16.5. The smallest absolute Gasteiger partial charge is 0.337 e. The van der Waals surface area contributed by atoms with Gasteiger partial charge in [-0.1, -0.05) is 6.07 Å². The van der Waals surface area contributed by atoms with Crippen molar-refractivity contribution >= 4 is 23.4 Å². The number of benzene rings is 2. The molecule has 0 aliphatic heterocycles. The number of amides is 2. The van der Waals surface area contributed by atoms with Crippen LogP contribution in [0.25, 0.3) is 0 Å². The van der Waals surface area contributed by atoms with Crippen LogP contribution in [0.5, 0.6) is 11.5 Å². The molecule has 2 rings (SSSR count). The van der Waals surface area contributed by atoms with E-state index in [2.05, 4.69) is 15.4 Å². The Kier molecular flexibility index (Phi) is 5.84. The van der Waals surface area contributed by atoms with Crippen molar-refractivity contribution in [1.29, 1.82) is 0 Å². The molecule has 2 amide bonds. The van der Waals surface area contributed by atoms with Crippen molar-refractivity contribution in [3.8, 4) is 11.5 Å². The van der Waals surface area contributed by atoms with E-state index in [1.807, 2.05) is 6.92 Å². The topological polar surface area (TPSA) is 85.9 Å². The summed E-state index contributed by atoms with van der Waals surface area (Å²) in [7, 11) is 4.35. The number of hydrogen-bond donors (Lipinski definition) is 2. The molecule has 0 fully saturated rings. The third-order valence-corrected chi connectivity index (χ3v) is 3.56. The lowest BCUT2D eigenvalue weighted by atomic mass is 10.1. The summed E-state index contributed by atoms with van der Waals surface area (Å²) >= 11 is 0. The van der Waals surface area contributed by atoms with Gasteiger partial charge in [-0.2, -0.15) is 0 Å². The van der Waals surface area contributed by atoms with E-state index >= 15 is 0 Å². The Morgan fingerprint density at radius 2 is 1.60 bits per heavy atom. The predicted octanol–water partition coefficient (Wildman–Crippen LogP) is 3.44. The van der Waals surface area contributed by atoms with Gasteiger partial charge in [-0.3, -0.25) is 0 Å². The number of rotatable bonds is 5. The van der Waals surface area contributed by atoms with E-state index in [-0.39, 0.29) is 0 Å². The molecule has 0 saturated carbocycles. The monoisotopic (exact) mass is 344 g/mol. The number of methoxy groups -OCH3 is 3. The van der Waals surface area contributed by atoms with Crippen LogP contribution in [0.1, 0.15) is 15.9 Å². The van der Waals surface area contributed by atoms with Crippen LogP contribution < -0.4 is 20.1 Å². The summed E-state index contributed by atoms with van der Waals surface area (Å²) in [4.78, 5) is 23.9. The first-order chi connectivity index (χ1) is 12.0. The first kappa shape index (κ1) is 18.1. The van der Waals surface area contributed by atoms with E-state index in [0.29, 0.717) is 28.4 Å². The summed E-state index contributed by atoms with van der Waals surface area (Å²) in [6, 6.07) is 9.52. The second kappa shape index (κ2) is 8.05. The van der Waals surface area contributed by atoms with E-state index in [0.717, 1.165) is 5.56 Å². The van der Waals surface area contributed by atoms with Crippen LogP contribution in [0.3, 0.4) is 0 Å². The molecule has 0 spiro atoms. The molecule has 0 heterocycles. The zero-order valence-corrected chi connectivity index (χ0v) is 14.5. The lowest BCUT2D eigenvalue weighted by molar-refractivity contribution is 0.0600. The molecule has 0 aliphatic carbocycles. The van der Waals surface area contributed by atoms with Gasteiger partial charge in [0.15, 0.2) is 0 Å². The van der Waals surface area contributed by atoms with Gasteiger partial charge in [-0.15, -0.1) is 0 Å². The molecule has 0 radical (unpaired) electrons. The molecule has 0 atom stereocenters. The minimum Gasteiger partial charge on any atom is -0.497 e. The zero-order chi connectivity index (χ0) is 18.4. The maximum Gasteiger partial charge on any atom is 0.337 e. The summed E-state index contributed by atoms with van der Waals surface area (Å²) in [6.07, 6.45) is 0. The minimum atomic E-state index is -0.472. The van der Waals surface area contributed by atoms with Crippen LogP contribution in [0, 0.1) is 6.92 Å². The molecular formula is C18H20N2O5. The normalized spacial score (nSPS) is 9.92. The third-order valence-electron chi connectivity index (χ3n) is 3.56. The number of carbonyl (C=O) groups is 2. The SMILES string of the molecule is COC(=O)c1ccc(C)c(NC(=O)Nc2ccc(OC)cc2OC)c1. The summed E-state index contributed by atoms with van der Waals surface area (Å²) in [5.41, 5.74) is 2.16. The minimum absolute atomic E-state index is 0.352. The Balaban J connectivity index is 2.17. The number of carbonyl (C=O) groups excluding carboxylic acids is 2. The molecule has 0 unspecified atom stereocenters. The fourth-order valence-corrected chi connectivity index (χ4v) is 2.18. The maximum absolute atomic E-state index is 12.3. The predicted molar refractivity (Wildman–Crippen MR) is 94.7 cm³/mol. The average molecular weight is 344 g/mol. The lowest BCUT2D eigenvalue weighted by Gasteiger charge is -2.14. The van der Waals surface area contributed by atoms with Gasteiger partial charge < -0.3 is 24.8 Å². The molecule has 0 aromatic heterocycles. The summed E-state index contributed by atoms with van der Waals surface area (Å²) < 4.78 is 15.1. The Hall–Kier alpha value is -3.22. The molecule has 0 saturated heterocycles. The third kappa shape index (κ3) is 4.41. The van der Waals surface area contributed by atoms with Gasteiger partial charge >= 0.3 is 12.0 Å². The van der Waals surface area contributed by atoms with Crippen LogP contribution >= 0.6 is 0 Å². The highest BCUT2D eigenvalue weighted by Gasteiger charge is 2.12. The van der Waals surface area contributed by atoms with Gasteiger partial charge in [-0.05, 0) is 36.8 Å². The van der Waals surface area contributed by atoms with E-state index < -0.39 is 12.0 Å². The second-order valence-electron chi connectivity index (χ2n) is 5.17. The zero-order valence-electron chi connectivity index (χ0n) is 14.5. The molecule has 25 heavy (non-hydrogen) atoms. The number of nitrogens with one attached hydrogen (secondary N) is 2. The van der Waals surface area contributed by atoms with Crippen molar-refractivity contribution in [3.05, 3.63) is 47.5 Å². The Morgan fingerprint density at radius 3 is 2.24 bits per heavy atom. The quantitative estimate of drug-likeness (QED) is 0.812. The standard InChI is InChI=1S/C18H20N2O5/c1-11-5-6-12(17(21)25-4)9-15(11)20-18(22)19-14-8-7-13(23-2)10-16(14)24-3/h5-10H,1-4H3,(H2,19,20,22). The van der Waals surface area contributed by atoms with Gasteiger partial charge in [0.05, 0.1) is 32.6 Å². The number of hydrogen-bond acceptors (Lipinski definition) is 5. The second-order valence-corrected chi connectivity index (χ2v) is 5.17. The van der Waals surface area contributed by atoms with Gasteiger partial charge in [0.25, 0.3) is 0 Å². The number of urea groups is 1. The van der Waals surface area contributed by atoms with Gasteiger partial charge in [0, 0.05) is 11.8 Å². The van der Waals surface area contributed by atoms with Crippen molar-refractivity contribution in [3.63, 3.8) is 0 Å². The van der Waals surface area contributed by atoms with Crippen LogP contribution in [-0.4, -0.2) is 33.3 Å². The fourth-order valence-electron chi connectivity index (χ4n) is 2.18. The van der Waals surface area contributed by atoms with Crippen molar-refractivity contribution in [2.24, 2.45) is 0 Å². The van der Waals surface area contributed by atoms with Crippen molar-refractivity contribution in [1.82, 2.24) is 0 Å². The molecule has 2 aromatic rings. The van der Waals surface area contributed by atoms with E-state index in [4.69, 9.17) is 9.47 Å². The van der Waals surface area contributed by atoms with E-state index in [9.17, 15) is 9.59 Å². The van der Waals surface area contributed by atoms with E-state index in [1.165, 1.54) is 14.2 Å². The highest BCUT2D eigenvalue weighted by molar-refractivity contribution is 6.02. The van der Waals surface area contributed by atoms with Gasteiger partial charge in [0.1, 0.15) is 11.5 Å². The fraction of sp³-hybridized carbons (Fsp3) is 0.222.